The van der Waals surface area contributed by atoms with Gasteiger partial charge in [-0.15, -0.1) is 0 Å². The van der Waals surface area contributed by atoms with Crippen LogP contribution in [0.15, 0.2) is 54.6 Å². The van der Waals surface area contributed by atoms with E-state index in [1.807, 2.05) is 42.5 Å². The largest absolute Gasteiger partial charge is 0.451 e. The third-order valence-electron chi connectivity index (χ3n) is 4.52. The lowest BCUT2D eigenvalue weighted by Gasteiger charge is -2.24. The van der Waals surface area contributed by atoms with Crippen molar-refractivity contribution < 1.29 is 9.53 Å². The zero-order valence-electron chi connectivity index (χ0n) is 11.2. The van der Waals surface area contributed by atoms with E-state index < -0.39 is 0 Å². The van der Waals surface area contributed by atoms with Crippen molar-refractivity contribution in [3.63, 3.8) is 0 Å². The van der Waals surface area contributed by atoms with E-state index in [2.05, 4.69) is 12.2 Å². The van der Waals surface area contributed by atoms with Crippen LogP contribution in [0.5, 0.6) is 0 Å². The van der Waals surface area contributed by atoms with Crippen LogP contribution < -0.4 is 0 Å². The molecular formula is C18H16O2. The SMILES string of the molecule is O=C(OC12C=CC(CC1)C2)c1cccc2ccccc12. The maximum atomic E-state index is 12.5. The zero-order valence-corrected chi connectivity index (χ0v) is 11.2. The molecule has 2 aromatic rings. The molecule has 0 heterocycles. The molecule has 2 aromatic carbocycles. The normalized spacial score (nSPS) is 27.1. The summed E-state index contributed by atoms with van der Waals surface area (Å²) < 4.78 is 5.86. The molecule has 0 N–H and O–H groups in total. The topological polar surface area (TPSA) is 26.3 Å². The summed E-state index contributed by atoms with van der Waals surface area (Å²) in [5.74, 6) is 0.407. The van der Waals surface area contributed by atoms with Gasteiger partial charge in [0, 0.05) is 0 Å². The van der Waals surface area contributed by atoms with Crippen molar-refractivity contribution in [1.82, 2.24) is 0 Å². The summed E-state index contributed by atoms with van der Waals surface area (Å²) in [6.07, 6.45) is 7.34. The van der Waals surface area contributed by atoms with Crippen molar-refractivity contribution >= 4 is 16.7 Å². The van der Waals surface area contributed by atoms with E-state index in [1.54, 1.807) is 0 Å². The highest BCUT2D eigenvalue weighted by molar-refractivity contribution is 6.04. The Kier molecular flexibility index (Phi) is 2.46. The summed E-state index contributed by atoms with van der Waals surface area (Å²) in [6.45, 7) is 0. The van der Waals surface area contributed by atoms with Crippen molar-refractivity contribution in [2.75, 3.05) is 0 Å². The monoisotopic (exact) mass is 264 g/mol. The molecule has 2 atom stereocenters. The summed E-state index contributed by atoms with van der Waals surface area (Å²) in [5, 5.41) is 2.04. The van der Waals surface area contributed by atoms with Crippen LogP contribution in [0.25, 0.3) is 10.8 Å². The van der Waals surface area contributed by atoms with Crippen molar-refractivity contribution in [2.24, 2.45) is 5.92 Å². The van der Waals surface area contributed by atoms with E-state index in [0.29, 0.717) is 11.5 Å². The van der Waals surface area contributed by atoms with Gasteiger partial charge < -0.3 is 4.74 Å². The van der Waals surface area contributed by atoms with Gasteiger partial charge in [-0.05, 0) is 48.1 Å². The number of ether oxygens (including phenoxy) is 1. The number of allylic oxidation sites excluding steroid dienone is 1. The maximum absolute atomic E-state index is 12.5. The predicted octanol–water partition coefficient (Wildman–Crippen LogP) is 4.11. The Morgan fingerprint density at radius 1 is 1.15 bits per heavy atom. The smallest absolute Gasteiger partial charge is 0.339 e. The minimum atomic E-state index is -0.335. The van der Waals surface area contributed by atoms with Gasteiger partial charge in [0.05, 0.1) is 5.56 Å². The van der Waals surface area contributed by atoms with Gasteiger partial charge >= 0.3 is 5.97 Å². The Balaban J connectivity index is 1.69. The van der Waals surface area contributed by atoms with Crippen LogP contribution in [0.1, 0.15) is 29.6 Å². The van der Waals surface area contributed by atoms with Crippen molar-refractivity contribution in [3.05, 3.63) is 60.2 Å². The first-order valence-corrected chi connectivity index (χ1v) is 7.16. The lowest BCUT2D eigenvalue weighted by atomic mass is 10.0. The molecule has 100 valence electrons. The average molecular weight is 264 g/mol. The summed E-state index contributed by atoms with van der Waals surface area (Å²) in [5.41, 5.74) is 0.333. The van der Waals surface area contributed by atoms with E-state index in [1.165, 1.54) is 0 Å². The van der Waals surface area contributed by atoms with Gasteiger partial charge in [-0.3, -0.25) is 0 Å². The van der Waals surface area contributed by atoms with Crippen LogP contribution in [0.3, 0.4) is 0 Å². The Morgan fingerprint density at radius 2 is 2.00 bits per heavy atom. The van der Waals surface area contributed by atoms with E-state index in [-0.39, 0.29) is 11.6 Å². The summed E-state index contributed by atoms with van der Waals surface area (Å²) in [4.78, 5) is 12.5. The second-order valence-electron chi connectivity index (χ2n) is 5.84. The molecule has 4 rings (SSSR count). The molecule has 2 aliphatic carbocycles. The maximum Gasteiger partial charge on any atom is 0.339 e. The minimum absolute atomic E-state index is 0.200. The summed E-state index contributed by atoms with van der Waals surface area (Å²) in [7, 11) is 0. The molecule has 0 aromatic heterocycles. The van der Waals surface area contributed by atoms with E-state index in [9.17, 15) is 4.79 Å². The number of carbonyl (C=O) groups is 1. The third-order valence-corrected chi connectivity index (χ3v) is 4.52. The van der Waals surface area contributed by atoms with E-state index in [0.717, 1.165) is 30.0 Å². The molecule has 2 nitrogen and oxygen atoms in total. The lowest BCUT2D eigenvalue weighted by molar-refractivity contribution is 0.00799. The highest BCUT2D eigenvalue weighted by Crippen LogP contribution is 2.45. The van der Waals surface area contributed by atoms with Crippen LogP contribution in [0.4, 0.5) is 0 Å². The van der Waals surface area contributed by atoms with E-state index >= 15 is 0 Å². The minimum Gasteiger partial charge on any atom is -0.451 e. The number of carbonyl (C=O) groups excluding carboxylic acids is 1. The fourth-order valence-corrected chi connectivity index (χ4v) is 3.47. The first kappa shape index (κ1) is 11.7. The van der Waals surface area contributed by atoms with Gasteiger partial charge in [0.1, 0.15) is 5.60 Å². The van der Waals surface area contributed by atoms with Crippen LogP contribution in [-0.4, -0.2) is 11.6 Å². The third kappa shape index (κ3) is 1.75. The van der Waals surface area contributed by atoms with Crippen molar-refractivity contribution in [3.8, 4) is 0 Å². The Labute approximate surface area is 118 Å². The highest BCUT2D eigenvalue weighted by atomic mass is 16.6. The molecule has 2 bridgehead atoms. The standard InChI is InChI=1S/C18H16O2/c19-17(20-18-10-8-13(12-18)9-11-18)16-7-3-5-14-4-1-2-6-15(14)16/h1-8,10,13H,9,11-12H2. The second-order valence-corrected chi connectivity index (χ2v) is 5.84. The van der Waals surface area contributed by atoms with Crippen molar-refractivity contribution in [1.29, 1.82) is 0 Å². The number of fused-ring (bicyclic) bond motifs is 3. The molecule has 1 fully saturated rings. The number of rotatable bonds is 2. The van der Waals surface area contributed by atoms with Crippen molar-refractivity contribution in [2.45, 2.75) is 24.9 Å². The molecule has 0 aliphatic heterocycles. The quantitative estimate of drug-likeness (QED) is 0.603. The van der Waals surface area contributed by atoms with Gasteiger partial charge in [0.15, 0.2) is 0 Å². The van der Waals surface area contributed by atoms with Gasteiger partial charge in [-0.25, -0.2) is 4.79 Å². The Bertz CT molecular complexity index is 711. The molecule has 2 unspecified atom stereocenters. The fourth-order valence-electron chi connectivity index (χ4n) is 3.47. The van der Waals surface area contributed by atoms with Crippen LogP contribution in [0.2, 0.25) is 0 Å². The first-order valence-electron chi connectivity index (χ1n) is 7.16. The zero-order chi connectivity index (χ0) is 13.6. The molecule has 0 saturated heterocycles. The fraction of sp³-hybridized carbons (Fsp3) is 0.278. The molecule has 2 aliphatic rings. The molecule has 2 heteroatoms. The molecule has 20 heavy (non-hydrogen) atoms. The van der Waals surface area contributed by atoms with Gasteiger partial charge in [0.2, 0.25) is 0 Å². The second kappa shape index (κ2) is 4.20. The average Bonchev–Trinajstić information content (AvgIpc) is 3.06. The highest BCUT2D eigenvalue weighted by Gasteiger charge is 2.44. The number of benzene rings is 2. The molecule has 0 amide bonds. The Hall–Kier alpha value is -2.09. The first-order chi connectivity index (χ1) is 9.76. The molecular weight excluding hydrogens is 248 g/mol. The summed E-state index contributed by atoms with van der Waals surface area (Å²) >= 11 is 0. The van der Waals surface area contributed by atoms with Crippen LogP contribution in [-0.2, 0) is 4.74 Å². The van der Waals surface area contributed by atoms with Gasteiger partial charge in [0.25, 0.3) is 0 Å². The van der Waals surface area contributed by atoms with E-state index in [4.69, 9.17) is 4.74 Å². The summed E-state index contributed by atoms with van der Waals surface area (Å²) in [6, 6.07) is 13.7. The lowest BCUT2D eigenvalue weighted by Crippen LogP contribution is -2.28. The number of esters is 1. The van der Waals surface area contributed by atoms with Crippen LogP contribution >= 0.6 is 0 Å². The molecule has 0 spiro atoms. The van der Waals surface area contributed by atoms with Crippen LogP contribution in [0, 0.1) is 5.92 Å². The number of hydrogen-bond donors (Lipinski definition) is 0. The Morgan fingerprint density at radius 3 is 2.75 bits per heavy atom. The number of hydrogen-bond acceptors (Lipinski definition) is 2. The molecule has 1 saturated carbocycles. The predicted molar refractivity (Wildman–Crippen MR) is 78.6 cm³/mol. The molecule has 0 radical (unpaired) electrons. The van der Waals surface area contributed by atoms with Gasteiger partial charge in [-0.2, -0.15) is 0 Å². The van der Waals surface area contributed by atoms with Gasteiger partial charge in [-0.1, -0.05) is 42.5 Å².